The van der Waals surface area contributed by atoms with Gasteiger partial charge in [-0.25, -0.2) is 0 Å². The largest absolute Gasteiger partial charge is 0.356 e. The van der Waals surface area contributed by atoms with Crippen LogP contribution < -0.4 is 10.6 Å². The number of carbonyl (C=O) groups excluding carboxylic acids is 1. The van der Waals surface area contributed by atoms with E-state index in [0.29, 0.717) is 5.92 Å². The van der Waals surface area contributed by atoms with E-state index in [1.54, 1.807) is 0 Å². The highest BCUT2D eigenvalue weighted by Gasteiger charge is 2.21. The summed E-state index contributed by atoms with van der Waals surface area (Å²) in [6.45, 7) is 5.91. The zero-order valence-electron chi connectivity index (χ0n) is 12.3. The summed E-state index contributed by atoms with van der Waals surface area (Å²) in [5.74, 6) is 0.580. The third-order valence-corrected chi connectivity index (χ3v) is 3.34. The van der Waals surface area contributed by atoms with Crippen molar-refractivity contribution in [3.63, 3.8) is 0 Å². The van der Waals surface area contributed by atoms with Gasteiger partial charge in [0.1, 0.15) is 0 Å². The van der Waals surface area contributed by atoms with Gasteiger partial charge in [-0.3, -0.25) is 4.79 Å². The number of hydrogen-bond donors (Lipinski definition) is 2. The Kier molecular flexibility index (Phi) is 7.19. The van der Waals surface area contributed by atoms with Crippen molar-refractivity contribution in [2.45, 2.75) is 26.7 Å². The number of benzene rings is 1. The Morgan fingerprint density at radius 3 is 2.42 bits per heavy atom. The van der Waals surface area contributed by atoms with Gasteiger partial charge < -0.3 is 10.6 Å². The van der Waals surface area contributed by atoms with E-state index in [1.807, 2.05) is 25.2 Å². The molecule has 3 heteroatoms. The summed E-state index contributed by atoms with van der Waals surface area (Å²) >= 11 is 0. The lowest BCUT2D eigenvalue weighted by Gasteiger charge is -2.20. The van der Waals surface area contributed by atoms with E-state index in [4.69, 9.17) is 0 Å². The molecule has 1 aromatic carbocycles. The number of carbonyl (C=O) groups is 1. The van der Waals surface area contributed by atoms with Crippen molar-refractivity contribution >= 4 is 5.91 Å². The van der Waals surface area contributed by atoms with Crippen LogP contribution in [0.25, 0.3) is 0 Å². The average molecular weight is 262 g/mol. The summed E-state index contributed by atoms with van der Waals surface area (Å²) in [6, 6.07) is 10.2. The van der Waals surface area contributed by atoms with Crippen molar-refractivity contribution < 1.29 is 4.79 Å². The van der Waals surface area contributed by atoms with Crippen LogP contribution >= 0.6 is 0 Å². The molecule has 1 atom stereocenters. The standard InChI is InChI=1S/C16H26N2O/c1-13(2)15(12-14-8-5-4-6-9-14)16(19)18-11-7-10-17-3/h4-6,8-9,13,15,17H,7,10-12H2,1-3H3,(H,18,19). The highest BCUT2D eigenvalue weighted by Crippen LogP contribution is 2.17. The Hall–Kier alpha value is -1.35. The maximum absolute atomic E-state index is 12.2. The zero-order valence-corrected chi connectivity index (χ0v) is 12.3. The Morgan fingerprint density at radius 2 is 1.84 bits per heavy atom. The van der Waals surface area contributed by atoms with E-state index < -0.39 is 0 Å². The van der Waals surface area contributed by atoms with Crippen LogP contribution in [0.15, 0.2) is 30.3 Å². The van der Waals surface area contributed by atoms with Gasteiger partial charge in [-0.15, -0.1) is 0 Å². The number of rotatable bonds is 8. The summed E-state index contributed by atoms with van der Waals surface area (Å²) in [5.41, 5.74) is 1.23. The van der Waals surface area contributed by atoms with Gasteiger partial charge in [0.15, 0.2) is 0 Å². The molecule has 1 amide bonds. The molecule has 1 rings (SSSR count). The van der Waals surface area contributed by atoms with Gasteiger partial charge in [-0.1, -0.05) is 44.2 Å². The molecule has 19 heavy (non-hydrogen) atoms. The topological polar surface area (TPSA) is 41.1 Å². The first-order valence-electron chi connectivity index (χ1n) is 7.11. The second-order valence-electron chi connectivity index (χ2n) is 5.29. The lowest BCUT2D eigenvalue weighted by molar-refractivity contribution is -0.126. The maximum Gasteiger partial charge on any atom is 0.223 e. The number of nitrogens with one attached hydrogen (secondary N) is 2. The minimum Gasteiger partial charge on any atom is -0.356 e. The van der Waals surface area contributed by atoms with Crippen LogP contribution in [-0.4, -0.2) is 26.0 Å². The van der Waals surface area contributed by atoms with E-state index in [2.05, 4.69) is 36.6 Å². The molecular formula is C16H26N2O. The van der Waals surface area contributed by atoms with Crippen molar-refractivity contribution in [3.8, 4) is 0 Å². The SMILES string of the molecule is CNCCCNC(=O)C(Cc1ccccc1)C(C)C. The number of hydrogen-bond acceptors (Lipinski definition) is 2. The van der Waals surface area contributed by atoms with Gasteiger partial charge >= 0.3 is 0 Å². The lowest BCUT2D eigenvalue weighted by Crippen LogP contribution is -2.36. The first kappa shape index (κ1) is 15.7. The van der Waals surface area contributed by atoms with Gasteiger partial charge in [0.25, 0.3) is 0 Å². The fraction of sp³-hybridized carbons (Fsp3) is 0.562. The monoisotopic (exact) mass is 262 g/mol. The van der Waals surface area contributed by atoms with Gasteiger partial charge in [0.05, 0.1) is 0 Å². The predicted octanol–water partition coefficient (Wildman–Crippen LogP) is 2.23. The molecule has 0 aliphatic carbocycles. The fourth-order valence-corrected chi connectivity index (χ4v) is 2.11. The molecule has 0 radical (unpaired) electrons. The predicted molar refractivity (Wildman–Crippen MR) is 80.0 cm³/mol. The van der Waals surface area contributed by atoms with E-state index >= 15 is 0 Å². The van der Waals surface area contributed by atoms with Crippen LogP contribution in [0, 0.1) is 11.8 Å². The molecule has 0 saturated carbocycles. The molecule has 0 aliphatic heterocycles. The number of amides is 1. The minimum absolute atomic E-state index is 0.0528. The molecular weight excluding hydrogens is 236 g/mol. The summed E-state index contributed by atoms with van der Waals surface area (Å²) in [4.78, 5) is 12.2. The second kappa shape index (κ2) is 8.70. The molecule has 0 heterocycles. The Morgan fingerprint density at radius 1 is 1.16 bits per heavy atom. The van der Waals surface area contributed by atoms with Gasteiger partial charge in [0.2, 0.25) is 5.91 Å². The van der Waals surface area contributed by atoms with Gasteiger partial charge in [0, 0.05) is 12.5 Å². The van der Waals surface area contributed by atoms with Crippen LogP contribution in [0.4, 0.5) is 0 Å². The van der Waals surface area contributed by atoms with E-state index in [9.17, 15) is 4.79 Å². The fourth-order valence-electron chi connectivity index (χ4n) is 2.11. The molecule has 106 valence electrons. The smallest absolute Gasteiger partial charge is 0.223 e. The van der Waals surface area contributed by atoms with E-state index in [-0.39, 0.29) is 11.8 Å². The highest BCUT2D eigenvalue weighted by molar-refractivity contribution is 5.79. The molecule has 0 spiro atoms. The third kappa shape index (κ3) is 5.88. The van der Waals surface area contributed by atoms with Crippen molar-refractivity contribution in [2.24, 2.45) is 11.8 Å². The Labute approximate surface area is 116 Å². The normalized spacial score (nSPS) is 12.4. The molecule has 0 aromatic heterocycles. The summed E-state index contributed by atoms with van der Waals surface area (Å²) in [5, 5.41) is 6.12. The Balaban J connectivity index is 2.50. The first-order chi connectivity index (χ1) is 9.15. The lowest BCUT2D eigenvalue weighted by atomic mass is 9.88. The molecule has 0 fully saturated rings. The molecule has 0 bridgehead atoms. The highest BCUT2D eigenvalue weighted by atomic mass is 16.1. The van der Waals surface area contributed by atoms with Gasteiger partial charge in [-0.05, 0) is 37.9 Å². The summed E-state index contributed by atoms with van der Waals surface area (Å²) in [6.07, 6.45) is 1.79. The minimum atomic E-state index is 0.0528. The van der Waals surface area contributed by atoms with Crippen molar-refractivity contribution in [1.29, 1.82) is 0 Å². The van der Waals surface area contributed by atoms with Crippen molar-refractivity contribution in [1.82, 2.24) is 10.6 Å². The van der Waals surface area contributed by atoms with Crippen LogP contribution in [0.2, 0.25) is 0 Å². The molecule has 2 N–H and O–H groups in total. The molecule has 1 unspecified atom stereocenters. The Bertz CT molecular complexity index is 362. The molecule has 0 aliphatic rings. The maximum atomic E-state index is 12.2. The zero-order chi connectivity index (χ0) is 14.1. The van der Waals surface area contributed by atoms with Crippen LogP contribution in [0.1, 0.15) is 25.8 Å². The summed E-state index contributed by atoms with van der Waals surface area (Å²) < 4.78 is 0. The quantitative estimate of drug-likeness (QED) is 0.705. The van der Waals surface area contributed by atoms with Crippen molar-refractivity contribution in [3.05, 3.63) is 35.9 Å². The van der Waals surface area contributed by atoms with E-state index in [0.717, 1.165) is 25.9 Å². The van der Waals surface area contributed by atoms with E-state index in [1.165, 1.54) is 5.56 Å². The van der Waals surface area contributed by atoms with Crippen LogP contribution in [0.5, 0.6) is 0 Å². The average Bonchev–Trinajstić information content (AvgIpc) is 2.41. The second-order valence-corrected chi connectivity index (χ2v) is 5.29. The van der Waals surface area contributed by atoms with Gasteiger partial charge in [-0.2, -0.15) is 0 Å². The first-order valence-corrected chi connectivity index (χ1v) is 7.11. The third-order valence-electron chi connectivity index (χ3n) is 3.34. The summed E-state index contributed by atoms with van der Waals surface area (Å²) in [7, 11) is 1.92. The molecule has 3 nitrogen and oxygen atoms in total. The molecule has 0 saturated heterocycles. The van der Waals surface area contributed by atoms with Crippen molar-refractivity contribution in [2.75, 3.05) is 20.1 Å². The molecule has 1 aromatic rings. The van der Waals surface area contributed by atoms with Crippen LogP contribution in [-0.2, 0) is 11.2 Å². The van der Waals surface area contributed by atoms with Crippen LogP contribution in [0.3, 0.4) is 0 Å².